The van der Waals surface area contributed by atoms with Crippen molar-refractivity contribution >= 4 is 12.0 Å². The zero-order chi connectivity index (χ0) is 13.2. The van der Waals surface area contributed by atoms with Crippen LogP contribution in [0.15, 0.2) is 0 Å². The molecule has 1 saturated heterocycles. The van der Waals surface area contributed by atoms with Gasteiger partial charge in [-0.2, -0.15) is 0 Å². The molecule has 1 fully saturated rings. The van der Waals surface area contributed by atoms with Gasteiger partial charge in [-0.1, -0.05) is 0 Å². The van der Waals surface area contributed by atoms with E-state index in [1.54, 1.807) is 4.90 Å². The number of amides is 2. The van der Waals surface area contributed by atoms with E-state index in [0.29, 0.717) is 19.7 Å². The highest BCUT2D eigenvalue weighted by Crippen LogP contribution is 2.16. The number of rotatable bonds is 2. The molecule has 0 spiro atoms. The Bertz CT molecular complexity index is 317. The number of ether oxygens (including phenoxy) is 1. The summed E-state index contributed by atoms with van der Waals surface area (Å²) in [5.74, 6) is -1.02. The van der Waals surface area contributed by atoms with Crippen LogP contribution in [0.4, 0.5) is 4.79 Å². The van der Waals surface area contributed by atoms with Crippen LogP contribution in [0.1, 0.15) is 20.8 Å². The first-order chi connectivity index (χ1) is 7.76. The molecule has 1 atom stereocenters. The number of nitrogens with zero attached hydrogens (tertiary/aromatic N) is 2. The first-order valence-electron chi connectivity index (χ1n) is 5.64. The van der Waals surface area contributed by atoms with E-state index in [2.05, 4.69) is 0 Å². The maximum atomic E-state index is 12.1. The summed E-state index contributed by atoms with van der Waals surface area (Å²) in [6, 6.07) is -0.271. The number of likely N-dealkylation sites (N-methyl/N-ethyl adjacent to an activating group) is 1. The van der Waals surface area contributed by atoms with Crippen LogP contribution in [0.2, 0.25) is 0 Å². The van der Waals surface area contributed by atoms with Crippen molar-refractivity contribution in [2.75, 3.05) is 26.7 Å². The molecule has 0 aliphatic carbocycles. The number of carbonyl (C=O) groups excluding carboxylic acids is 1. The standard InChI is InChI=1S/C11H20N2O4/c1-8-7-13(5-6-17-8)10(16)12(4)11(2,3)9(14)15/h8H,5-7H2,1-4H3,(H,14,15). The summed E-state index contributed by atoms with van der Waals surface area (Å²) in [4.78, 5) is 26.1. The molecule has 17 heavy (non-hydrogen) atoms. The van der Waals surface area contributed by atoms with Crippen LogP contribution in [0, 0.1) is 0 Å². The van der Waals surface area contributed by atoms with E-state index in [-0.39, 0.29) is 12.1 Å². The average molecular weight is 244 g/mol. The Morgan fingerprint density at radius 2 is 2.06 bits per heavy atom. The van der Waals surface area contributed by atoms with E-state index in [1.165, 1.54) is 25.8 Å². The van der Waals surface area contributed by atoms with Gasteiger partial charge in [0, 0.05) is 20.1 Å². The second-order valence-electron chi connectivity index (χ2n) is 4.83. The van der Waals surface area contributed by atoms with Crippen LogP contribution < -0.4 is 0 Å². The molecule has 0 radical (unpaired) electrons. The molecule has 0 aromatic rings. The lowest BCUT2D eigenvalue weighted by molar-refractivity contribution is -0.147. The number of aliphatic carboxylic acids is 1. The molecule has 6 heteroatoms. The summed E-state index contributed by atoms with van der Waals surface area (Å²) in [6.07, 6.45) is -0.00552. The van der Waals surface area contributed by atoms with Gasteiger partial charge in [0.05, 0.1) is 12.7 Å². The second kappa shape index (κ2) is 4.91. The fraction of sp³-hybridized carbons (Fsp3) is 0.818. The van der Waals surface area contributed by atoms with E-state index in [1.807, 2.05) is 6.92 Å². The SMILES string of the molecule is CC1CN(C(=O)N(C)C(C)(C)C(=O)O)CCO1. The zero-order valence-electron chi connectivity index (χ0n) is 10.8. The van der Waals surface area contributed by atoms with Gasteiger partial charge in [-0.15, -0.1) is 0 Å². The number of carbonyl (C=O) groups is 2. The maximum Gasteiger partial charge on any atom is 0.329 e. The highest BCUT2D eigenvalue weighted by Gasteiger charge is 2.37. The van der Waals surface area contributed by atoms with Crippen molar-refractivity contribution in [3.8, 4) is 0 Å². The van der Waals surface area contributed by atoms with Crippen LogP contribution in [-0.4, -0.2) is 65.3 Å². The number of morpholine rings is 1. The topological polar surface area (TPSA) is 70.1 Å². The molecule has 1 aliphatic rings. The molecule has 0 aromatic heterocycles. The molecule has 0 aromatic carbocycles. The number of carboxylic acids is 1. The first kappa shape index (κ1) is 13.8. The van der Waals surface area contributed by atoms with Crippen LogP contribution in [0.5, 0.6) is 0 Å². The zero-order valence-corrected chi connectivity index (χ0v) is 10.8. The lowest BCUT2D eigenvalue weighted by Gasteiger charge is -2.38. The van der Waals surface area contributed by atoms with E-state index in [9.17, 15) is 9.59 Å². The second-order valence-corrected chi connectivity index (χ2v) is 4.83. The average Bonchev–Trinajstić information content (AvgIpc) is 2.26. The number of carboxylic acid groups (broad SMARTS) is 1. The van der Waals surface area contributed by atoms with E-state index >= 15 is 0 Å². The molecular formula is C11H20N2O4. The van der Waals surface area contributed by atoms with E-state index < -0.39 is 11.5 Å². The lowest BCUT2D eigenvalue weighted by Crippen LogP contribution is -2.57. The molecule has 98 valence electrons. The number of urea groups is 1. The quantitative estimate of drug-likeness (QED) is 0.773. The van der Waals surface area contributed by atoms with Gasteiger partial charge in [-0.25, -0.2) is 9.59 Å². The van der Waals surface area contributed by atoms with Crippen molar-refractivity contribution in [2.24, 2.45) is 0 Å². The normalized spacial score (nSPS) is 21.2. The van der Waals surface area contributed by atoms with Gasteiger partial charge in [0.1, 0.15) is 5.54 Å². The minimum atomic E-state index is -1.21. The summed E-state index contributed by atoms with van der Waals surface area (Å²) in [7, 11) is 1.51. The first-order valence-corrected chi connectivity index (χ1v) is 5.64. The summed E-state index contributed by atoms with van der Waals surface area (Å²) < 4.78 is 5.34. The highest BCUT2D eigenvalue weighted by atomic mass is 16.5. The molecule has 1 aliphatic heterocycles. The molecule has 2 amide bonds. The van der Waals surface area contributed by atoms with Crippen molar-refractivity contribution in [3.05, 3.63) is 0 Å². The Morgan fingerprint density at radius 3 is 2.53 bits per heavy atom. The summed E-state index contributed by atoms with van der Waals surface area (Å²) in [6.45, 7) is 6.41. The van der Waals surface area contributed by atoms with Crippen molar-refractivity contribution in [3.63, 3.8) is 0 Å². The van der Waals surface area contributed by atoms with Crippen LogP contribution >= 0.6 is 0 Å². The fourth-order valence-electron chi connectivity index (χ4n) is 1.59. The number of hydrogen-bond donors (Lipinski definition) is 1. The van der Waals surface area contributed by atoms with Crippen LogP contribution in [0.3, 0.4) is 0 Å². The molecule has 6 nitrogen and oxygen atoms in total. The van der Waals surface area contributed by atoms with Gasteiger partial charge in [0.25, 0.3) is 0 Å². The Kier molecular flexibility index (Phi) is 3.98. The Morgan fingerprint density at radius 1 is 1.47 bits per heavy atom. The van der Waals surface area contributed by atoms with Crippen LogP contribution in [0.25, 0.3) is 0 Å². The Hall–Kier alpha value is -1.30. The smallest absolute Gasteiger partial charge is 0.329 e. The van der Waals surface area contributed by atoms with Crippen molar-refractivity contribution in [1.82, 2.24) is 9.80 Å². The molecule has 1 rings (SSSR count). The van der Waals surface area contributed by atoms with Gasteiger partial charge in [-0.3, -0.25) is 0 Å². The van der Waals surface area contributed by atoms with E-state index in [4.69, 9.17) is 9.84 Å². The molecule has 1 unspecified atom stereocenters. The predicted octanol–water partition coefficient (Wildman–Crippen LogP) is 0.622. The highest BCUT2D eigenvalue weighted by molar-refractivity contribution is 5.85. The van der Waals surface area contributed by atoms with Gasteiger partial charge in [-0.05, 0) is 20.8 Å². The third-order valence-electron chi connectivity index (χ3n) is 3.16. The minimum Gasteiger partial charge on any atom is -0.480 e. The minimum absolute atomic E-state index is 0.00552. The Balaban J connectivity index is 2.72. The van der Waals surface area contributed by atoms with Gasteiger partial charge in [0.15, 0.2) is 0 Å². The van der Waals surface area contributed by atoms with Crippen molar-refractivity contribution in [1.29, 1.82) is 0 Å². The van der Waals surface area contributed by atoms with E-state index in [0.717, 1.165) is 0 Å². The maximum absolute atomic E-state index is 12.1. The van der Waals surface area contributed by atoms with Gasteiger partial charge >= 0.3 is 12.0 Å². The lowest BCUT2D eigenvalue weighted by atomic mass is 10.0. The largest absolute Gasteiger partial charge is 0.480 e. The third kappa shape index (κ3) is 2.88. The molecule has 0 saturated carbocycles. The molecule has 0 bridgehead atoms. The van der Waals surface area contributed by atoms with Crippen LogP contribution in [-0.2, 0) is 9.53 Å². The monoisotopic (exact) mass is 244 g/mol. The third-order valence-corrected chi connectivity index (χ3v) is 3.16. The van der Waals surface area contributed by atoms with Crippen molar-refractivity contribution in [2.45, 2.75) is 32.4 Å². The summed E-state index contributed by atoms with van der Waals surface area (Å²) in [5, 5.41) is 9.07. The number of hydrogen-bond acceptors (Lipinski definition) is 3. The molecule has 1 N–H and O–H groups in total. The van der Waals surface area contributed by atoms with Gasteiger partial charge in [0.2, 0.25) is 0 Å². The molecule has 1 heterocycles. The fourth-order valence-corrected chi connectivity index (χ4v) is 1.59. The summed E-state index contributed by atoms with van der Waals surface area (Å²) >= 11 is 0. The van der Waals surface area contributed by atoms with Crippen molar-refractivity contribution < 1.29 is 19.4 Å². The predicted molar refractivity (Wildman–Crippen MR) is 61.9 cm³/mol. The summed E-state index contributed by atoms with van der Waals surface area (Å²) in [5.41, 5.74) is -1.21. The Labute approximate surface area is 101 Å². The molecular weight excluding hydrogens is 224 g/mol. The van der Waals surface area contributed by atoms with Gasteiger partial charge < -0.3 is 19.6 Å².